The Bertz CT molecular complexity index is 464. The van der Waals surface area contributed by atoms with Crippen molar-refractivity contribution in [3.63, 3.8) is 0 Å². The van der Waals surface area contributed by atoms with Crippen molar-refractivity contribution < 1.29 is 13.6 Å². The van der Waals surface area contributed by atoms with Gasteiger partial charge in [-0.15, -0.1) is 11.3 Å². The second-order valence-electron chi connectivity index (χ2n) is 3.00. The molecule has 8 heteroatoms. The van der Waals surface area contributed by atoms with Gasteiger partial charge in [0.05, 0.1) is 5.00 Å². The molecule has 0 amide bonds. The van der Waals surface area contributed by atoms with Gasteiger partial charge in [0, 0.05) is 19.8 Å². The van der Waals surface area contributed by atoms with Crippen molar-refractivity contribution in [2.24, 2.45) is 5.73 Å². The standard InChI is InChI=1S/C8H13N2O3PS2/c1-4-5(6(9)15)7(10)16-8(4)14(11,12-2)13-3/h10H2,1-3H3,(H2,9,15). The smallest absolute Gasteiger partial charge is 0.371 e. The Labute approximate surface area is 103 Å². The fourth-order valence-corrected chi connectivity index (χ4v) is 4.68. The van der Waals surface area contributed by atoms with Crippen molar-refractivity contribution in [2.75, 3.05) is 20.0 Å². The van der Waals surface area contributed by atoms with E-state index in [-0.39, 0.29) is 4.99 Å². The molecule has 1 aromatic rings. The highest BCUT2D eigenvalue weighted by Gasteiger charge is 2.31. The Morgan fingerprint density at radius 2 is 1.94 bits per heavy atom. The predicted molar refractivity (Wildman–Crippen MR) is 70.6 cm³/mol. The molecule has 0 aliphatic carbocycles. The van der Waals surface area contributed by atoms with Gasteiger partial charge in [0.2, 0.25) is 0 Å². The van der Waals surface area contributed by atoms with Crippen LogP contribution in [0.25, 0.3) is 0 Å². The fourth-order valence-electron chi connectivity index (χ4n) is 1.33. The van der Waals surface area contributed by atoms with Crippen molar-refractivity contribution in [1.29, 1.82) is 0 Å². The molecule has 4 N–H and O–H groups in total. The van der Waals surface area contributed by atoms with Gasteiger partial charge in [0.25, 0.3) is 0 Å². The lowest BCUT2D eigenvalue weighted by Gasteiger charge is -2.12. The number of thiocarbonyl (C=S) groups is 1. The van der Waals surface area contributed by atoms with E-state index in [0.29, 0.717) is 20.7 Å². The summed E-state index contributed by atoms with van der Waals surface area (Å²) in [5.74, 6) is 0. The number of thiophene rings is 1. The topological polar surface area (TPSA) is 87.6 Å². The van der Waals surface area contributed by atoms with Crippen LogP contribution in [0.5, 0.6) is 0 Å². The van der Waals surface area contributed by atoms with Crippen LogP contribution in [0.3, 0.4) is 0 Å². The van der Waals surface area contributed by atoms with E-state index in [4.69, 9.17) is 32.7 Å². The Balaban J connectivity index is 3.44. The first-order valence-corrected chi connectivity index (χ1v) is 7.04. The van der Waals surface area contributed by atoms with Crippen molar-refractivity contribution >= 4 is 45.8 Å². The predicted octanol–water partition coefficient (Wildman–Crippen LogP) is 1.38. The van der Waals surface area contributed by atoms with Gasteiger partial charge < -0.3 is 20.5 Å². The molecule has 0 saturated heterocycles. The van der Waals surface area contributed by atoms with E-state index < -0.39 is 7.60 Å². The summed E-state index contributed by atoms with van der Waals surface area (Å²) in [5, 5.41) is 0.425. The molecule has 0 spiro atoms. The maximum absolute atomic E-state index is 12.2. The van der Waals surface area contributed by atoms with E-state index >= 15 is 0 Å². The average Bonchev–Trinajstić information content (AvgIpc) is 2.53. The van der Waals surface area contributed by atoms with Crippen LogP contribution in [0.1, 0.15) is 11.1 Å². The normalized spacial score (nSPS) is 11.7. The van der Waals surface area contributed by atoms with Crippen molar-refractivity contribution in [3.8, 4) is 0 Å². The summed E-state index contributed by atoms with van der Waals surface area (Å²) in [6.07, 6.45) is 0. The van der Waals surface area contributed by atoms with Crippen LogP contribution in [0.15, 0.2) is 0 Å². The number of nitrogen functional groups attached to an aromatic ring is 1. The molecule has 1 heterocycles. The van der Waals surface area contributed by atoms with Crippen LogP contribution in [-0.4, -0.2) is 19.2 Å². The first kappa shape index (κ1) is 13.6. The maximum atomic E-state index is 12.2. The van der Waals surface area contributed by atoms with Gasteiger partial charge in [-0.2, -0.15) is 0 Å². The largest absolute Gasteiger partial charge is 0.390 e. The summed E-state index contributed by atoms with van der Waals surface area (Å²) in [5.41, 5.74) is 12.5. The SMILES string of the molecule is COP(=O)(OC)c1sc(N)c(C(N)=S)c1C. The summed E-state index contributed by atoms with van der Waals surface area (Å²) >= 11 is 6.00. The quantitative estimate of drug-likeness (QED) is 0.640. The molecule has 0 atom stereocenters. The Hall–Kier alpha value is -0.460. The molecule has 0 fully saturated rings. The Kier molecular flexibility index (Phi) is 4.09. The molecule has 0 bridgehead atoms. The first-order chi connectivity index (χ1) is 7.37. The van der Waals surface area contributed by atoms with Gasteiger partial charge in [0.15, 0.2) is 0 Å². The van der Waals surface area contributed by atoms with E-state index in [1.807, 2.05) is 0 Å². The summed E-state index contributed by atoms with van der Waals surface area (Å²) in [7, 11) is -0.655. The molecule has 1 aromatic heterocycles. The number of anilines is 1. The molecular formula is C8H13N2O3PS2. The second kappa shape index (κ2) is 4.81. The second-order valence-corrected chi connectivity index (χ2v) is 6.97. The summed E-state index contributed by atoms with van der Waals surface area (Å²) in [4.78, 5) is 0.177. The van der Waals surface area contributed by atoms with Crippen LogP contribution in [-0.2, 0) is 13.6 Å². The molecule has 0 aliphatic heterocycles. The van der Waals surface area contributed by atoms with Crippen molar-refractivity contribution in [1.82, 2.24) is 0 Å². The molecule has 1 rings (SSSR count). The Morgan fingerprint density at radius 3 is 2.25 bits per heavy atom. The Morgan fingerprint density at radius 1 is 1.44 bits per heavy atom. The third kappa shape index (κ3) is 2.14. The third-order valence-corrected chi connectivity index (χ3v) is 5.99. The van der Waals surface area contributed by atoms with Gasteiger partial charge in [-0.05, 0) is 12.5 Å². The minimum absolute atomic E-state index is 0.177. The highest BCUT2D eigenvalue weighted by atomic mass is 32.1. The number of nitrogens with two attached hydrogens (primary N) is 2. The van der Waals surface area contributed by atoms with Crippen LogP contribution in [0.2, 0.25) is 0 Å². The average molecular weight is 280 g/mol. The van der Waals surface area contributed by atoms with Crippen LogP contribution < -0.4 is 16.1 Å². The lowest BCUT2D eigenvalue weighted by Crippen LogP contribution is -2.14. The molecule has 0 aromatic carbocycles. The van der Waals surface area contributed by atoms with E-state index in [1.54, 1.807) is 6.92 Å². The monoisotopic (exact) mass is 280 g/mol. The van der Waals surface area contributed by atoms with Crippen LogP contribution in [0.4, 0.5) is 5.00 Å². The van der Waals surface area contributed by atoms with Gasteiger partial charge >= 0.3 is 7.60 Å². The highest BCUT2D eigenvalue weighted by molar-refractivity contribution is 7.80. The molecule has 5 nitrogen and oxygen atoms in total. The van der Waals surface area contributed by atoms with E-state index in [0.717, 1.165) is 11.3 Å². The minimum Gasteiger partial charge on any atom is -0.390 e. The zero-order valence-corrected chi connectivity index (χ0v) is 11.7. The lowest BCUT2D eigenvalue weighted by atomic mass is 10.2. The molecule has 0 unspecified atom stereocenters. The van der Waals surface area contributed by atoms with Crippen LogP contribution in [0, 0.1) is 6.92 Å². The molecule has 0 radical (unpaired) electrons. The molecule has 0 aliphatic rings. The van der Waals surface area contributed by atoms with Crippen LogP contribution >= 0.6 is 31.2 Å². The number of hydrogen-bond acceptors (Lipinski definition) is 6. The van der Waals surface area contributed by atoms with E-state index in [9.17, 15) is 4.57 Å². The summed E-state index contributed by atoms with van der Waals surface area (Å²) in [6, 6.07) is 0. The third-order valence-electron chi connectivity index (χ3n) is 2.12. The molecule has 0 saturated carbocycles. The van der Waals surface area contributed by atoms with Gasteiger partial charge in [-0.1, -0.05) is 12.2 Å². The first-order valence-electron chi connectivity index (χ1n) is 4.28. The molecule has 16 heavy (non-hydrogen) atoms. The number of hydrogen-bond donors (Lipinski definition) is 2. The number of rotatable bonds is 4. The van der Waals surface area contributed by atoms with Gasteiger partial charge in [-0.25, -0.2) is 0 Å². The van der Waals surface area contributed by atoms with E-state index in [2.05, 4.69) is 0 Å². The zero-order chi connectivity index (χ0) is 12.5. The molecule has 90 valence electrons. The van der Waals surface area contributed by atoms with Gasteiger partial charge in [-0.3, -0.25) is 4.57 Å². The highest BCUT2D eigenvalue weighted by Crippen LogP contribution is 2.49. The minimum atomic E-state index is -3.29. The maximum Gasteiger partial charge on any atom is 0.371 e. The van der Waals surface area contributed by atoms with Crippen molar-refractivity contribution in [2.45, 2.75) is 6.92 Å². The van der Waals surface area contributed by atoms with E-state index in [1.165, 1.54) is 14.2 Å². The van der Waals surface area contributed by atoms with Gasteiger partial charge in [0.1, 0.15) is 9.61 Å². The zero-order valence-electron chi connectivity index (χ0n) is 9.14. The molecular weight excluding hydrogens is 267 g/mol. The fraction of sp³-hybridized carbons (Fsp3) is 0.375. The summed E-state index contributed by atoms with van der Waals surface area (Å²) < 4.78 is 22.4. The summed E-state index contributed by atoms with van der Waals surface area (Å²) in [6.45, 7) is 1.74. The van der Waals surface area contributed by atoms with Crippen molar-refractivity contribution in [3.05, 3.63) is 11.1 Å². The lowest BCUT2D eigenvalue weighted by molar-refractivity contribution is 0.288.